The fraction of sp³-hybridized carbons (Fsp3) is 0.211. The zero-order valence-electron chi connectivity index (χ0n) is 15.2. The summed E-state index contributed by atoms with van der Waals surface area (Å²) in [6.45, 7) is 0.549. The normalized spacial score (nSPS) is 12.4. The lowest BCUT2D eigenvalue weighted by Gasteiger charge is -2.17. The maximum absolute atomic E-state index is 12.8. The van der Waals surface area contributed by atoms with E-state index in [1.54, 1.807) is 24.4 Å². The van der Waals surface area contributed by atoms with Crippen LogP contribution in [0, 0.1) is 11.8 Å². The molecule has 0 saturated heterocycles. The molecule has 0 radical (unpaired) electrons. The van der Waals surface area contributed by atoms with E-state index in [4.69, 9.17) is 10.5 Å². The minimum absolute atomic E-state index is 0.300. The Morgan fingerprint density at radius 2 is 2.14 bits per heavy atom. The molecule has 0 amide bonds. The minimum atomic E-state index is -1.90. The van der Waals surface area contributed by atoms with Gasteiger partial charge in [-0.2, -0.15) is 8.78 Å². The predicted octanol–water partition coefficient (Wildman–Crippen LogP) is 1.20. The summed E-state index contributed by atoms with van der Waals surface area (Å²) in [7, 11) is 0. The molecule has 148 valence electrons. The lowest BCUT2D eigenvalue weighted by molar-refractivity contribution is 0.321. The van der Waals surface area contributed by atoms with Crippen molar-refractivity contribution in [2.75, 3.05) is 25.0 Å². The number of fused-ring (bicyclic) bond motifs is 2. The number of hydrogen-bond acceptors (Lipinski definition) is 6. The van der Waals surface area contributed by atoms with Gasteiger partial charge in [0.2, 0.25) is 0 Å². The second-order valence-corrected chi connectivity index (χ2v) is 6.25. The van der Waals surface area contributed by atoms with Gasteiger partial charge in [-0.25, -0.2) is 14.5 Å². The van der Waals surface area contributed by atoms with Gasteiger partial charge in [-0.1, -0.05) is 11.8 Å². The van der Waals surface area contributed by atoms with E-state index >= 15 is 0 Å². The smallest absolute Gasteiger partial charge is 0.350 e. The standard InChI is InChI=1S/C19H16F2N6O2/c20-17(21)14(9-22)11-27-19(28)26-5-3-12(8-16(26)25-27)1-2-13-7-15-18(24-10-13)23-4-6-29-15/h3,5,7-8,10H,4,6,9,11,22H2,(H,23,24). The molecular formula is C19H16F2N6O2. The lowest BCUT2D eigenvalue weighted by atomic mass is 10.2. The van der Waals surface area contributed by atoms with Crippen LogP contribution in [0.15, 0.2) is 47.0 Å². The van der Waals surface area contributed by atoms with Crippen LogP contribution < -0.4 is 21.5 Å². The molecule has 10 heteroatoms. The van der Waals surface area contributed by atoms with Crippen LogP contribution in [0.3, 0.4) is 0 Å². The highest BCUT2D eigenvalue weighted by Gasteiger charge is 2.12. The summed E-state index contributed by atoms with van der Waals surface area (Å²) >= 11 is 0. The lowest BCUT2D eigenvalue weighted by Crippen LogP contribution is -2.24. The van der Waals surface area contributed by atoms with Crippen molar-refractivity contribution in [3.8, 4) is 17.6 Å². The molecular weight excluding hydrogens is 382 g/mol. The zero-order valence-corrected chi connectivity index (χ0v) is 15.2. The third kappa shape index (κ3) is 3.81. The summed E-state index contributed by atoms with van der Waals surface area (Å²) in [5, 5.41) is 7.22. The van der Waals surface area contributed by atoms with E-state index in [9.17, 15) is 13.6 Å². The quantitative estimate of drug-likeness (QED) is 0.644. The Bertz CT molecular complexity index is 1230. The van der Waals surface area contributed by atoms with E-state index < -0.39 is 11.8 Å². The van der Waals surface area contributed by atoms with E-state index in [1.807, 2.05) is 0 Å². The average Bonchev–Trinajstić information content (AvgIpc) is 3.04. The largest absolute Gasteiger partial charge is 0.488 e. The SMILES string of the molecule is NCC(Cn1nc2cc(C#Cc3cnc4c(c3)OCCN4)ccn2c1=O)=C(F)F. The average molecular weight is 398 g/mol. The summed E-state index contributed by atoms with van der Waals surface area (Å²) in [6.07, 6.45) is 1.24. The van der Waals surface area contributed by atoms with Crippen LogP contribution in [0.1, 0.15) is 11.1 Å². The van der Waals surface area contributed by atoms with Gasteiger partial charge in [0.15, 0.2) is 17.2 Å². The Labute approximate surface area is 163 Å². The number of ether oxygens (including phenoxy) is 1. The number of nitrogens with two attached hydrogens (primary N) is 1. The van der Waals surface area contributed by atoms with Crippen LogP contribution >= 0.6 is 0 Å². The van der Waals surface area contributed by atoms with Gasteiger partial charge >= 0.3 is 5.69 Å². The van der Waals surface area contributed by atoms with Gasteiger partial charge in [0, 0.05) is 41.7 Å². The van der Waals surface area contributed by atoms with Crippen LogP contribution in [-0.4, -0.2) is 38.9 Å². The molecule has 0 aliphatic carbocycles. The first-order valence-electron chi connectivity index (χ1n) is 8.76. The van der Waals surface area contributed by atoms with Crippen LogP contribution in [0.25, 0.3) is 5.65 Å². The number of aromatic nitrogens is 4. The fourth-order valence-corrected chi connectivity index (χ4v) is 2.81. The van der Waals surface area contributed by atoms with Gasteiger partial charge in [0.1, 0.15) is 6.61 Å². The van der Waals surface area contributed by atoms with Gasteiger partial charge in [0.05, 0.1) is 13.1 Å². The highest BCUT2D eigenvalue weighted by atomic mass is 19.3. The Balaban J connectivity index is 1.63. The summed E-state index contributed by atoms with van der Waals surface area (Å²) in [5.74, 6) is 7.30. The fourth-order valence-electron chi connectivity index (χ4n) is 2.81. The first-order chi connectivity index (χ1) is 14.0. The second kappa shape index (κ2) is 7.73. The summed E-state index contributed by atoms with van der Waals surface area (Å²) in [6, 6.07) is 5.05. The van der Waals surface area contributed by atoms with Crippen molar-refractivity contribution in [3.63, 3.8) is 0 Å². The number of halogens is 2. The Morgan fingerprint density at radius 1 is 1.31 bits per heavy atom. The second-order valence-electron chi connectivity index (χ2n) is 6.25. The van der Waals surface area contributed by atoms with Crippen molar-refractivity contribution in [3.05, 3.63) is 63.9 Å². The molecule has 0 unspecified atom stereocenters. The molecule has 3 aromatic rings. The molecule has 3 N–H and O–H groups in total. The van der Waals surface area contributed by atoms with E-state index in [-0.39, 0.29) is 18.7 Å². The monoisotopic (exact) mass is 398 g/mol. The molecule has 0 fully saturated rings. The first kappa shape index (κ1) is 18.6. The molecule has 0 atom stereocenters. The summed E-state index contributed by atoms with van der Waals surface area (Å²) in [4.78, 5) is 16.6. The predicted molar refractivity (Wildman–Crippen MR) is 102 cm³/mol. The van der Waals surface area contributed by atoms with Gasteiger partial charge in [-0.05, 0) is 12.1 Å². The number of nitrogens with one attached hydrogen (secondary N) is 1. The maximum atomic E-state index is 12.8. The molecule has 1 aliphatic heterocycles. The van der Waals surface area contributed by atoms with Crippen LogP contribution in [0.4, 0.5) is 14.6 Å². The summed E-state index contributed by atoms with van der Waals surface area (Å²) in [5.41, 5.74) is 6.01. The third-order valence-corrected chi connectivity index (χ3v) is 4.29. The Hall–Kier alpha value is -3.71. The molecule has 0 aromatic carbocycles. The number of anilines is 1. The molecule has 29 heavy (non-hydrogen) atoms. The first-order valence-corrected chi connectivity index (χ1v) is 8.76. The highest BCUT2D eigenvalue weighted by molar-refractivity contribution is 5.56. The molecule has 0 bridgehead atoms. The van der Waals surface area contributed by atoms with E-state index in [0.717, 1.165) is 4.68 Å². The molecule has 8 nitrogen and oxygen atoms in total. The highest BCUT2D eigenvalue weighted by Crippen LogP contribution is 2.25. The van der Waals surface area contributed by atoms with Crippen LogP contribution in [0.2, 0.25) is 0 Å². The molecule has 1 aliphatic rings. The van der Waals surface area contributed by atoms with Crippen molar-refractivity contribution in [1.29, 1.82) is 0 Å². The van der Waals surface area contributed by atoms with Crippen molar-refractivity contribution in [2.45, 2.75) is 6.54 Å². The van der Waals surface area contributed by atoms with Gasteiger partial charge in [0.25, 0.3) is 6.08 Å². The van der Waals surface area contributed by atoms with Crippen LogP contribution in [0.5, 0.6) is 5.75 Å². The number of hydrogen-bond donors (Lipinski definition) is 2. The number of pyridine rings is 2. The molecule has 4 rings (SSSR count). The topological polar surface area (TPSA) is 99.5 Å². The van der Waals surface area contributed by atoms with Crippen molar-refractivity contribution < 1.29 is 13.5 Å². The maximum Gasteiger partial charge on any atom is 0.350 e. The molecule has 0 spiro atoms. The zero-order chi connectivity index (χ0) is 20.4. The van der Waals surface area contributed by atoms with Gasteiger partial charge in [-0.3, -0.25) is 4.40 Å². The van der Waals surface area contributed by atoms with Gasteiger partial charge < -0.3 is 15.8 Å². The van der Waals surface area contributed by atoms with Crippen molar-refractivity contribution in [1.82, 2.24) is 19.2 Å². The number of nitrogens with zero attached hydrogens (tertiary/aromatic N) is 4. The third-order valence-electron chi connectivity index (χ3n) is 4.29. The number of rotatable bonds is 3. The van der Waals surface area contributed by atoms with E-state index in [2.05, 4.69) is 27.2 Å². The van der Waals surface area contributed by atoms with Gasteiger partial charge in [-0.15, -0.1) is 5.10 Å². The summed E-state index contributed by atoms with van der Waals surface area (Å²) < 4.78 is 33.4. The van der Waals surface area contributed by atoms with Crippen LogP contribution in [-0.2, 0) is 6.54 Å². The van der Waals surface area contributed by atoms with E-state index in [1.165, 1.54) is 10.6 Å². The molecule has 3 aromatic heterocycles. The Morgan fingerprint density at radius 3 is 2.93 bits per heavy atom. The van der Waals surface area contributed by atoms with Crippen molar-refractivity contribution >= 4 is 11.5 Å². The van der Waals surface area contributed by atoms with E-state index in [0.29, 0.717) is 41.5 Å². The molecule has 4 heterocycles. The van der Waals surface area contributed by atoms with Crippen molar-refractivity contribution in [2.24, 2.45) is 5.73 Å². The minimum Gasteiger partial charge on any atom is -0.488 e. The Kier molecular flexibility index (Phi) is 4.97. The molecule has 0 saturated carbocycles.